The number of nitrogens with zero attached hydrogens (tertiary/aromatic N) is 4. The Balaban J connectivity index is 1.01. The Morgan fingerprint density at radius 3 is 1.31 bits per heavy atom. The van der Waals surface area contributed by atoms with E-state index in [0.717, 1.165) is 17.1 Å². The molecule has 0 unspecified atom stereocenters. The molecule has 0 fully saturated rings. The van der Waals surface area contributed by atoms with Crippen molar-refractivity contribution < 1.29 is 0 Å². The van der Waals surface area contributed by atoms with Gasteiger partial charge in [0.1, 0.15) is 0 Å². The van der Waals surface area contributed by atoms with Gasteiger partial charge in [-0.3, -0.25) is 0 Å². The molecule has 9 aromatic carbocycles. The number of rotatable bonds is 5. The van der Waals surface area contributed by atoms with Gasteiger partial charge in [0.25, 0.3) is 0 Å². The predicted molar refractivity (Wildman–Crippen MR) is 243 cm³/mol. The van der Waals surface area contributed by atoms with E-state index in [9.17, 15) is 0 Å². The van der Waals surface area contributed by atoms with Crippen LogP contribution in [0, 0.1) is 0 Å². The number of hydrogen-bond acceptors (Lipinski definition) is 0. The van der Waals surface area contributed by atoms with Crippen molar-refractivity contribution in [2.75, 3.05) is 0 Å². The molecule has 4 aromatic heterocycles. The highest BCUT2D eigenvalue weighted by molar-refractivity contribution is 6.25. The molecule has 58 heavy (non-hydrogen) atoms. The summed E-state index contributed by atoms with van der Waals surface area (Å²) in [4.78, 5) is 0. The lowest BCUT2D eigenvalue weighted by molar-refractivity contribution is 1.15. The van der Waals surface area contributed by atoms with E-state index in [1.807, 2.05) is 0 Å². The molecule has 0 aliphatic rings. The van der Waals surface area contributed by atoms with Gasteiger partial charge in [-0.05, 0) is 90.5 Å². The molecule has 270 valence electrons. The van der Waals surface area contributed by atoms with Crippen LogP contribution < -0.4 is 0 Å². The van der Waals surface area contributed by atoms with Crippen molar-refractivity contribution in [1.82, 2.24) is 18.3 Å². The van der Waals surface area contributed by atoms with Crippen molar-refractivity contribution in [3.8, 4) is 33.9 Å². The van der Waals surface area contributed by atoms with Gasteiger partial charge in [-0.2, -0.15) is 0 Å². The lowest BCUT2D eigenvalue weighted by Crippen LogP contribution is -2.00. The number of para-hydroxylation sites is 5. The average Bonchev–Trinajstić information content (AvgIpc) is 4.02. The van der Waals surface area contributed by atoms with Gasteiger partial charge in [0.15, 0.2) is 0 Å². The fourth-order valence-corrected chi connectivity index (χ4v) is 9.99. The van der Waals surface area contributed by atoms with Gasteiger partial charge in [0.05, 0.1) is 49.8 Å². The van der Waals surface area contributed by atoms with Crippen LogP contribution in [0.25, 0.3) is 110 Å². The summed E-state index contributed by atoms with van der Waals surface area (Å²) in [6.07, 6.45) is 0. The minimum atomic E-state index is 1.15. The predicted octanol–water partition coefficient (Wildman–Crippen LogP) is 14.0. The molecule has 0 spiro atoms. The van der Waals surface area contributed by atoms with E-state index in [0.29, 0.717) is 0 Å². The van der Waals surface area contributed by atoms with Gasteiger partial charge in [-0.15, -0.1) is 0 Å². The number of benzene rings is 9. The second kappa shape index (κ2) is 11.8. The highest BCUT2D eigenvalue weighted by atomic mass is 15.0. The maximum Gasteiger partial charge on any atom is 0.0563 e. The highest BCUT2D eigenvalue weighted by Gasteiger charge is 2.24. The first-order valence-electron chi connectivity index (χ1n) is 20.0. The lowest BCUT2D eigenvalue weighted by Gasteiger charge is -2.17. The third-order valence-corrected chi connectivity index (χ3v) is 12.3. The Bertz CT molecular complexity index is 3620. The summed E-state index contributed by atoms with van der Waals surface area (Å²) in [5.74, 6) is 0. The summed E-state index contributed by atoms with van der Waals surface area (Å²) in [6, 6.07) is 75.3. The molecular formula is C54H34N4. The van der Waals surface area contributed by atoms with Crippen LogP contribution in [0.2, 0.25) is 0 Å². The molecule has 0 aliphatic carbocycles. The maximum atomic E-state index is 2.48. The Hall–Kier alpha value is -7.82. The third kappa shape index (κ3) is 4.23. The van der Waals surface area contributed by atoms with Crippen molar-refractivity contribution in [3.63, 3.8) is 0 Å². The van der Waals surface area contributed by atoms with Crippen LogP contribution in [0.1, 0.15) is 0 Å². The molecule has 0 radical (unpaired) electrons. The minimum Gasteiger partial charge on any atom is -0.309 e. The molecule has 0 atom stereocenters. The molecule has 0 saturated heterocycles. The van der Waals surface area contributed by atoms with Crippen LogP contribution in [0.15, 0.2) is 206 Å². The maximum absolute atomic E-state index is 2.48. The quantitative estimate of drug-likeness (QED) is 0.168. The Kier molecular flexibility index (Phi) is 6.41. The van der Waals surface area contributed by atoms with E-state index in [-0.39, 0.29) is 0 Å². The molecular weight excluding hydrogens is 705 g/mol. The van der Waals surface area contributed by atoms with Crippen LogP contribution in [0.3, 0.4) is 0 Å². The molecule has 4 nitrogen and oxygen atoms in total. The van der Waals surface area contributed by atoms with Crippen molar-refractivity contribution in [1.29, 1.82) is 0 Å². The monoisotopic (exact) mass is 738 g/mol. The van der Waals surface area contributed by atoms with E-state index < -0.39 is 0 Å². The molecule has 13 aromatic rings. The zero-order chi connectivity index (χ0) is 37.9. The largest absolute Gasteiger partial charge is 0.309 e. The molecule has 4 heterocycles. The zero-order valence-corrected chi connectivity index (χ0v) is 31.4. The van der Waals surface area contributed by atoms with Crippen LogP contribution in [-0.4, -0.2) is 18.3 Å². The number of aromatic nitrogens is 4. The fraction of sp³-hybridized carbons (Fsp3) is 0. The van der Waals surface area contributed by atoms with E-state index in [4.69, 9.17) is 0 Å². The molecule has 13 rings (SSSR count). The average molecular weight is 739 g/mol. The molecule has 0 amide bonds. The first kappa shape index (κ1) is 31.4. The van der Waals surface area contributed by atoms with Gasteiger partial charge in [-0.1, -0.05) is 121 Å². The zero-order valence-electron chi connectivity index (χ0n) is 31.4. The summed E-state index contributed by atoms with van der Waals surface area (Å²) in [5, 5.41) is 7.61. The molecule has 0 N–H and O–H groups in total. The Labute approximate surface area is 333 Å². The molecule has 4 heteroatoms. The standard InChI is InChI=1S/C54H34N4/c1-2-16-36(17-3-1)55-45-24-9-7-22-42(45)43-32-31-38(34-52(43)55)57-48-27-13-29-50-53(48)54-49(57)28-14-30-51(54)58(50)44-23-8-4-19-39(44)35-15-12-18-37(33-35)56-46-25-10-5-20-40(46)41-21-6-11-26-47(41)56/h1-34H. The second-order valence-electron chi connectivity index (χ2n) is 15.3. The van der Waals surface area contributed by atoms with Crippen molar-refractivity contribution in [2.24, 2.45) is 0 Å². The summed E-state index contributed by atoms with van der Waals surface area (Å²) in [7, 11) is 0. The van der Waals surface area contributed by atoms with E-state index in [1.54, 1.807) is 0 Å². The summed E-state index contributed by atoms with van der Waals surface area (Å²) >= 11 is 0. The van der Waals surface area contributed by atoms with E-state index in [2.05, 4.69) is 225 Å². The van der Waals surface area contributed by atoms with Crippen molar-refractivity contribution in [2.45, 2.75) is 0 Å². The minimum absolute atomic E-state index is 1.15. The normalized spacial score (nSPS) is 12.1. The van der Waals surface area contributed by atoms with Crippen LogP contribution in [0.4, 0.5) is 0 Å². The van der Waals surface area contributed by atoms with Crippen molar-refractivity contribution >= 4 is 76.5 Å². The molecule has 0 aliphatic heterocycles. The Morgan fingerprint density at radius 1 is 0.241 bits per heavy atom. The highest BCUT2D eigenvalue weighted by Crippen LogP contribution is 2.45. The van der Waals surface area contributed by atoms with Gasteiger partial charge in [0, 0.05) is 54.9 Å². The topological polar surface area (TPSA) is 19.7 Å². The van der Waals surface area contributed by atoms with E-state index >= 15 is 0 Å². The van der Waals surface area contributed by atoms with Crippen molar-refractivity contribution in [3.05, 3.63) is 206 Å². The van der Waals surface area contributed by atoms with Crippen LogP contribution in [-0.2, 0) is 0 Å². The SMILES string of the molecule is c1ccc(-n2c3ccccc3c3ccc(-n4c5cccc6c5c5c4cccc5n6-c4ccccc4-c4cccc(-n5c6ccccc6c6ccccc65)c4)cc32)cc1. The second-order valence-corrected chi connectivity index (χ2v) is 15.3. The van der Waals surface area contributed by atoms with Gasteiger partial charge < -0.3 is 18.3 Å². The molecule has 0 bridgehead atoms. The van der Waals surface area contributed by atoms with E-state index in [1.165, 1.54) is 93.3 Å². The summed E-state index contributed by atoms with van der Waals surface area (Å²) in [6.45, 7) is 0. The summed E-state index contributed by atoms with van der Waals surface area (Å²) in [5.41, 5.74) is 16.6. The van der Waals surface area contributed by atoms with Crippen LogP contribution >= 0.6 is 0 Å². The van der Waals surface area contributed by atoms with Crippen LogP contribution in [0.5, 0.6) is 0 Å². The fourth-order valence-electron chi connectivity index (χ4n) is 9.99. The van der Waals surface area contributed by atoms with Gasteiger partial charge in [0.2, 0.25) is 0 Å². The summed E-state index contributed by atoms with van der Waals surface area (Å²) < 4.78 is 9.75. The van der Waals surface area contributed by atoms with Gasteiger partial charge >= 0.3 is 0 Å². The number of fused-ring (bicyclic) bond motifs is 6. The first-order valence-corrected chi connectivity index (χ1v) is 20.0. The smallest absolute Gasteiger partial charge is 0.0563 e. The third-order valence-electron chi connectivity index (χ3n) is 12.3. The van der Waals surface area contributed by atoms with Gasteiger partial charge in [-0.25, -0.2) is 0 Å². The lowest BCUT2D eigenvalue weighted by atomic mass is 10.0. The first-order chi connectivity index (χ1) is 28.8. The Morgan fingerprint density at radius 2 is 0.672 bits per heavy atom. The molecule has 0 saturated carbocycles. The number of hydrogen-bond donors (Lipinski definition) is 0.